The molecule has 1 aromatic rings. The predicted octanol–water partition coefficient (Wildman–Crippen LogP) is 0.947. The summed E-state index contributed by atoms with van der Waals surface area (Å²) in [5.41, 5.74) is 0.606. The first-order chi connectivity index (χ1) is 5.34. The van der Waals surface area contributed by atoms with Crippen molar-refractivity contribution >= 4 is 29.0 Å². The summed E-state index contributed by atoms with van der Waals surface area (Å²) in [6, 6.07) is 8.96. The van der Waals surface area contributed by atoms with Crippen LogP contribution in [0.2, 0.25) is 0 Å². The van der Waals surface area contributed by atoms with E-state index < -0.39 is 0 Å². The normalized spacial score (nSPS) is 8.42. The fourth-order valence-corrected chi connectivity index (χ4v) is 0.789. The maximum absolute atomic E-state index is 11.0. The summed E-state index contributed by atoms with van der Waals surface area (Å²) in [6.45, 7) is 2.22. The van der Waals surface area contributed by atoms with Crippen molar-refractivity contribution in [2.75, 3.05) is 6.61 Å². The standard InChI is InChI=1S/C9H10O2.Mg.2H/c1-2-11-9(10)8-6-4-3-5-7-8;;;/h3-7H,2H2,1H3;;;. The second kappa shape index (κ2) is 6.03. The van der Waals surface area contributed by atoms with Crippen molar-refractivity contribution in [3.8, 4) is 0 Å². The quantitative estimate of drug-likeness (QED) is 0.495. The lowest BCUT2D eigenvalue weighted by Gasteiger charge is -1.99. The second-order valence-corrected chi connectivity index (χ2v) is 2.09. The van der Waals surface area contributed by atoms with Crippen molar-refractivity contribution in [2.24, 2.45) is 0 Å². The highest BCUT2D eigenvalue weighted by atomic mass is 24.3. The van der Waals surface area contributed by atoms with E-state index in [9.17, 15) is 4.79 Å². The molecule has 3 heteroatoms. The zero-order chi connectivity index (χ0) is 8.10. The molecule has 2 nitrogen and oxygen atoms in total. The van der Waals surface area contributed by atoms with E-state index in [1.807, 2.05) is 18.2 Å². The highest BCUT2D eigenvalue weighted by molar-refractivity contribution is 5.89. The fraction of sp³-hybridized carbons (Fsp3) is 0.222. The number of hydrogen-bond acceptors (Lipinski definition) is 2. The maximum Gasteiger partial charge on any atom is 0.338 e. The Labute approximate surface area is 88.1 Å². The molecule has 12 heavy (non-hydrogen) atoms. The third kappa shape index (κ3) is 3.24. The largest absolute Gasteiger partial charge is 0.462 e. The molecule has 0 fully saturated rings. The molecule has 0 aliphatic heterocycles. The predicted molar refractivity (Wildman–Crippen MR) is 50.9 cm³/mol. The van der Waals surface area contributed by atoms with Crippen LogP contribution in [0, 0.1) is 0 Å². The molecule has 0 radical (unpaired) electrons. The first-order valence-electron chi connectivity index (χ1n) is 3.56. The minimum Gasteiger partial charge on any atom is -0.462 e. The number of carbonyl (C=O) groups excluding carboxylic acids is 1. The second-order valence-electron chi connectivity index (χ2n) is 2.09. The van der Waals surface area contributed by atoms with E-state index >= 15 is 0 Å². The fourth-order valence-electron chi connectivity index (χ4n) is 0.789. The molecule has 1 rings (SSSR count). The van der Waals surface area contributed by atoms with Gasteiger partial charge in [-0.05, 0) is 19.1 Å². The average molecular weight is 176 g/mol. The molecule has 0 saturated heterocycles. The van der Waals surface area contributed by atoms with E-state index in [0.29, 0.717) is 12.2 Å². The number of carbonyl (C=O) groups is 1. The Morgan fingerprint density at radius 2 is 1.92 bits per heavy atom. The lowest BCUT2D eigenvalue weighted by molar-refractivity contribution is 0.0526. The molecular formula is C9H12MgO2. The Morgan fingerprint density at radius 1 is 1.33 bits per heavy atom. The van der Waals surface area contributed by atoms with Gasteiger partial charge in [0.1, 0.15) is 0 Å². The summed E-state index contributed by atoms with van der Waals surface area (Å²) in [5, 5.41) is 0. The van der Waals surface area contributed by atoms with Crippen LogP contribution < -0.4 is 0 Å². The molecule has 0 heterocycles. The zero-order valence-electron chi connectivity index (χ0n) is 6.41. The maximum atomic E-state index is 11.0. The van der Waals surface area contributed by atoms with Gasteiger partial charge in [0, 0.05) is 0 Å². The Bertz CT molecular complexity index is 234. The van der Waals surface area contributed by atoms with Gasteiger partial charge in [0.25, 0.3) is 0 Å². The van der Waals surface area contributed by atoms with E-state index in [1.54, 1.807) is 19.1 Å². The summed E-state index contributed by atoms with van der Waals surface area (Å²) >= 11 is 0. The molecular weight excluding hydrogens is 164 g/mol. The molecule has 1 aromatic carbocycles. The Kier molecular flexibility index (Phi) is 5.75. The molecule has 0 N–H and O–H groups in total. The molecule has 0 saturated carbocycles. The third-order valence-corrected chi connectivity index (χ3v) is 1.28. The molecule has 0 bridgehead atoms. The van der Waals surface area contributed by atoms with Crippen LogP contribution in [0.25, 0.3) is 0 Å². The molecule has 0 unspecified atom stereocenters. The van der Waals surface area contributed by atoms with Crippen LogP contribution >= 0.6 is 0 Å². The average Bonchev–Trinajstić information content (AvgIpc) is 2.07. The highest BCUT2D eigenvalue weighted by Crippen LogP contribution is 1.99. The van der Waals surface area contributed by atoms with Gasteiger partial charge in [0.05, 0.1) is 12.2 Å². The van der Waals surface area contributed by atoms with Crippen molar-refractivity contribution in [1.29, 1.82) is 0 Å². The van der Waals surface area contributed by atoms with Gasteiger partial charge in [-0.3, -0.25) is 0 Å². The molecule has 0 spiro atoms. The van der Waals surface area contributed by atoms with E-state index in [2.05, 4.69) is 0 Å². The molecule has 62 valence electrons. The number of benzene rings is 1. The van der Waals surface area contributed by atoms with Gasteiger partial charge >= 0.3 is 29.0 Å². The summed E-state index contributed by atoms with van der Waals surface area (Å²) in [4.78, 5) is 11.0. The summed E-state index contributed by atoms with van der Waals surface area (Å²) in [7, 11) is 0. The number of hydrogen-bond donors (Lipinski definition) is 0. The smallest absolute Gasteiger partial charge is 0.338 e. The molecule has 0 amide bonds. The number of ether oxygens (including phenoxy) is 1. The van der Waals surface area contributed by atoms with E-state index in [0.717, 1.165) is 0 Å². The molecule has 0 aliphatic carbocycles. The zero-order valence-corrected chi connectivity index (χ0v) is 6.41. The van der Waals surface area contributed by atoms with Gasteiger partial charge in [-0.25, -0.2) is 4.79 Å². The molecule has 0 aliphatic rings. The lowest BCUT2D eigenvalue weighted by Crippen LogP contribution is -2.03. The molecule has 0 aromatic heterocycles. The van der Waals surface area contributed by atoms with Crippen LogP contribution in [0.5, 0.6) is 0 Å². The monoisotopic (exact) mass is 176 g/mol. The van der Waals surface area contributed by atoms with E-state index in [4.69, 9.17) is 4.74 Å². The van der Waals surface area contributed by atoms with Gasteiger partial charge in [-0.2, -0.15) is 0 Å². The Balaban J connectivity index is 0.00000121. The first kappa shape index (κ1) is 11.5. The minimum absolute atomic E-state index is 0. The SMILES string of the molecule is CCOC(=O)c1ccccc1.[MgH2]. The van der Waals surface area contributed by atoms with Crippen molar-refractivity contribution in [2.45, 2.75) is 6.92 Å². The Morgan fingerprint density at radius 3 is 2.42 bits per heavy atom. The topological polar surface area (TPSA) is 26.3 Å². The van der Waals surface area contributed by atoms with Gasteiger partial charge in [0.15, 0.2) is 0 Å². The van der Waals surface area contributed by atoms with E-state index in [1.165, 1.54) is 0 Å². The minimum atomic E-state index is -0.256. The van der Waals surface area contributed by atoms with Gasteiger partial charge < -0.3 is 4.74 Å². The van der Waals surface area contributed by atoms with Crippen LogP contribution in [0.15, 0.2) is 30.3 Å². The van der Waals surface area contributed by atoms with Crippen LogP contribution in [-0.2, 0) is 4.74 Å². The van der Waals surface area contributed by atoms with Gasteiger partial charge in [0.2, 0.25) is 0 Å². The van der Waals surface area contributed by atoms with Crippen molar-refractivity contribution in [1.82, 2.24) is 0 Å². The summed E-state index contributed by atoms with van der Waals surface area (Å²) in [5.74, 6) is -0.256. The van der Waals surface area contributed by atoms with Crippen LogP contribution in [0.4, 0.5) is 0 Å². The van der Waals surface area contributed by atoms with Gasteiger partial charge in [-0.1, -0.05) is 18.2 Å². The van der Waals surface area contributed by atoms with Crippen molar-refractivity contribution < 1.29 is 9.53 Å². The number of esters is 1. The van der Waals surface area contributed by atoms with Crippen LogP contribution in [0.1, 0.15) is 17.3 Å². The first-order valence-corrected chi connectivity index (χ1v) is 3.56. The highest BCUT2D eigenvalue weighted by Gasteiger charge is 2.02. The van der Waals surface area contributed by atoms with Crippen molar-refractivity contribution in [3.63, 3.8) is 0 Å². The Hall–Kier alpha value is -0.544. The van der Waals surface area contributed by atoms with Crippen molar-refractivity contribution in [3.05, 3.63) is 35.9 Å². The third-order valence-electron chi connectivity index (χ3n) is 1.28. The van der Waals surface area contributed by atoms with Gasteiger partial charge in [-0.15, -0.1) is 0 Å². The van der Waals surface area contributed by atoms with E-state index in [-0.39, 0.29) is 29.0 Å². The van der Waals surface area contributed by atoms with Crippen LogP contribution in [-0.4, -0.2) is 35.6 Å². The number of rotatable bonds is 2. The lowest BCUT2D eigenvalue weighted by atomic mass is 10.2. The van der Waals surface area contributed by atoms with Crippen LogP contribution in [0.3, 0.4) is 0 Å². The molecule has 0 atom stereocenters. The summed E-state index contributed by atoms with van der Waals surface area (Å²) in [6.07, 6.45) is 0. The summed E-state index contributed by atoms with van der Waals surface area (Å²) < 4.78 is 4.79.